The highest BCUT2D eigenvalue weighted by Crippen LogP contribution is 2.04. The van der Waals surface area contributed by atoms with Crippen molar-refractivity contribution in [2.75, 3.05) is 40.3 Å². The third-order valence-corrected chi connectivity index (χ3v) is 3.22. The van der Waals surface area contributed by atoms with Crippen molar-refractivity contribution in [3.63, 3.8) is 0 Å². The van der Waals surface area contributed by atoms with Crippen LogP contribution in [0, 0.1) is 0 Å². The number of nitrogens with zero attached hydrogens (tertiary/aromatic N) is 2. The number of amides is 1. The molecule has 1 saturated heterocycles. The first kappa shape index (κ1) is 14.9. The van der Waals surface area contributed by atoms with Gasteiger partial charge in [0.1, 0.15) is 0 Å². The van der Waals surface area contributed by atoms with E-state index >= 15 is 0 Å². The van der Waals surface area contributed by atoms with Crippen LogP contribution < -0.4 is 11.1 Å². The lowest BCUT2D eigenvalue weighted by atomic mass is 10.1. The minimum atomic E-state index is -1.06. The maximum atomic E-state index is 11.6. The molecule has 0 radical (unpaired) electrons. The number of nitrogens with one attached hydrogen (secondary N) is 1. The lowest BCUT2D eigenvalue weighted by Gasteiger charge is -2.37. The van der Waals surface area contributed by atoms with Crippen molar-refractivity contribution in [2.45, 2.75) is 18.5 Å². The predicted octanol–water partition coefficient (Wildman–Crippen LogP) is -1.85. The molecule has 0 aliphatic carbocycles. The first-order chi connectivity index (χ1) is 8.40. The summed E-state index contributed by atoms with van der Waals surface area (Å²) in [6, 6.07) is -0.737. The summed E-state index contributed by atoms with van der Waals surface area (Å²) in [4.78, 5) is 26.4. The van der Waals surface area contributed by atoms with Gasteiger partial charge in [-0.05, 0) is 14.1 Å². The molecule has 104 valence electrons. The number of carbonyl (C=O) groups is 2. The monoisotopic (exact) mass is 258 g/mol. The summed E-state index contributed by atoms with van der Waals surface area (Å²) < 4.78 is 0. The summed E-state index contributed by atoms with van der Waals surface area (Å²) in [5, 5.41) is 11.3. The van der Waals surface area contributed by atoms with Crippen molar-refractivity contribution in [3.8, 4) is 0 Å². The van der Waals surface area contributed by atoms with E-state index in [-0.39, 0.29) is 12.5 Å². The van der Waals surface area contributed by atoms with Gasteiger partial charge in [0.2, 0.25) is 5.91 Å². The minimum absolute atomic E-state index is 0.240. The number of likely N-dealkylation sites (N-methyl/N-ethyl adjacent to an activating group) is 2. The number of piperazine rings is 1. The van der Waals surface area contributed by atoms with Gasteiger partial charge in [-0.1, -0.05) is 0 Å². The SMILES string of the molecule is CN1CCN(C)C(CNC(=O)C(N)CC(=O)O)C1. The van der Waals surface area contributed by atoms with Crippen LogP contribution in [0.5, 0.6) is 0 Å². The van der Waals surface area contributed by atoms with E-state index in [9.17, 15) is 9.59 Å². The molecule has 18 heavy (non-hydrogen) atoms. The van der Waals surface area contributed by atoms with Gasteiger partial charge in [0.25, 0.3) is 0 Å². The molecule has 0 aromatic heterocycles. The molecule has 7 heteroatoms. The molecule has 1 aliphatic rings. The summed E-state index contributed by atoms with van der Waals surface area (Å²) in [7, 11) is 4.05. The summed E-state index contributed by atoms with van der Waals surface area (Å²) in [6.45, 7) is 3.34. The second-order valence-corrected chi connectivity index (χ2v) is 4.85. The molecule has 2 unspecified atom stereocenters. The fourth-order valence-corrected chi connectivity index (χ4v) is 1.95. The number of hydrogen-bond acceptors (Lipinski definition) is 5. The fraction of sp³-hybridized carbons (Fsp3) is 0.818. The molecule has 1 heterocycles. The molecule has 4 N–H and O–H groups in total. The molecule has 0 aromatic rings. The van der Waals surface area contributed by atoms with Gasteiger partial charge in [-0.2, -0.15) is 0 Å². The van der Waals surface area contributed by atoms with Crippen LogP contribution in [0.3, 0.4) is 0 Å². The van der Waals surface area contributed by atoms with Crippen LogP contribution in [0.25, 0.3) is 0 Å². The number of hydrogen-bond donors (Lipinski definition) is 3. The third-order valence-electron chi connectivity index (χ3n) is 3.22. The van der Waals surface area contributed by atoms with Crippen molar-refractivity contribution in [2.24, 2.45) is 5.73 Å². The Morgan fingerprint density at radius 3 is 2.72 bits per heavy atom. The van der Waals surface area contributed by atoms with Crippen LogP contribution in [0.2, 0.25) is 0 Å². The van der Waals surface area contributed by atoms with Crippen LogP contribution >= 0.6 is 0 Å². The molecule has 1 rings (SSSR count). The highest BCUT2D eigenvalue weighted by molar-refractivity contribution is 5.85. The highest BCUT2D eigenvalue weighted by atomic mass is 16.4. The zero-order valence-corrected chi connectivity index (χ0v) is 10.9. The van der Waals surface area contributed by atoms with E-state index in [1.807, 2.05) is 14.1 Å². The second kappa shape index (κ2) is 6.67. The van der Waals surface area contributed by atoms with E-state index < -0.39 is 17.9 Å². The predicted molar refractivity (Wildman–Crippen MR) is 67.2 cm³/mol. The largest absolute Gasteiger partial charge is 0.481 e. The maximum absolute atomic E-state index is 11.6. The molecule has 0 bridgehead atoms. The van der Waals surface area contributed by atoms with Gasteiger partial charge in [0.05, 0.1) is 12.5 Å². The number of rotatable bonds is 5. The van der Waals surface area contributed by atoms with Crippen molar-refractivity contribution >= 4 is 11.9 Å². The van der Waals surface area contributed by atoms with Crippen molar-refractivity contribution in [3.05, 3.63) is 0 Å². The lowest BCUT2D eigenvalue weighted by molar-refractivity contribution is -0.139. The number of carbonyl (C=O) groups excluding carboxylic acids is 1. The first-order valence-electron chi connectivity index (χ1n) is 6.04. The first-order valence-corrected chi connectivity index (χ1v) is 6.04. The van der Waals surface area contributed by atoms with Crippen LogP contribution in [0.1, 0.15) is 6.42 Å². The molecule has 0 aromatic carbocycles. The summed E-state index contributed by atoms with van der Waals surface area (Å²) in [5.74, 6) is -1.47. The Hall–Kier alpha value is -1.18. The number of aliphatic carboxylic acids is 1. The van der Waals surface area contributed by atoms with Gasteiger partial charge in [-0.15, -0.1) is 0 Å². The Morgan fingerprint density at radius 1 is 1.44 bits per heavy atom. The third kappa shape index (κ3) is 4.59. The molecule has 7 nitrogen and oxygen atoms in total. The van der Waals surface area contributed by atoms with Crippen molar-refractivity contribution in [1.82, 2.24) is 15.1 Å². The zero-order chi connectivity index (χ0) is 13.7. The van der Waals surface area contributed by atoms with E-state index in [4.69, 9.17) is 10.8 Å². The lowest BCUT2D eigenvalue weighted by Crippen LogP contribution is -2.55. The Morgan fingerprint density at radius 2 is 2.11 bits per heavy atom. The summed E-state index contributed by atoms with van der Waals surface area (Å²) >= 11 is 0. The zero-order valence-electron chi connectivity index (χ0n) is 10.9. The topological polar surface area (TPSA) is 98.9 Å². The molecular weight excluding hydrogens is 236 g/mol. The summed E-state index contributed by atoms with van der Waals surface area (Å²) in [5.41, 5.74) is 5.48. The van der Waals surface area contributed by atoms with E-state index in [1.54, 1.807) is 0 Å². The van der Waals surface area contributed by atoms with Gasteiger partial charge in [0.15, 0.2) is 0 Å². The van der Waals surface area contributed by atoms with Gasteiger partial charge < -0.3 is 21.1 Å². The van der Waals surface area contributed by atoms with E-state index in [2.05, 4.69) is 15.1 Å². The maximum Gasteiger partial charge on any atom is 0.305 e. The standard InChI is InChI=1S/C11H22N4O3/c1-14-3-4-15(2)8(7-14)6-13-11(18)9(12)5-10(16)17/h8-9H,3-7,12H2,1-2H3,(H,13,18)(H,16,17). The number of carboxylic acid groups (broad SMARTS) is 1. The fourth-order valence-electron chi connectivity index (χ4n) is 1.95. The Kier molecular flexibility index (Phi) is 5.52. The number of nitrogens with two attached hydrogens (primary N) is 1. The Balaban J connectivity index is 2.34. The molecule has 1 aliphatic heterocycles. The number of carboxylic acids is 1. The van der Waals surface area contributed by atoms with Crippen LogP contribution in [0.15, 0.2) is 0 Å². The Labute approximate surface area is 107 Å². The van der Waals surface area contributed by atoms with Crippen LogP contribution in [-0.4, -0.2) is 79.1 Å². The second-order valence-electron chi connectivity index (χ2n) is 4.85. The quantitative estimate of drug-likeness (QED) is 0.535. The van der Waals surface area contributed by atoms with Gasteiger partial charge in [-0.25, -0.2) is 0 Å². The van der Waals surface area contributed by atoms with E-state index in [0.717, 1.165) is 19.6 Å². The average Bonchev–Trinajstić information content (AvgIpc) is 2.29. The van der Waals surface area contributed by atoms with Gasteiger partial charge in [-0.3, -0.25) is 14.5 Å². The average molecular weight is 258 g/mol. The molecule has 1 fully saturated rings. The smallest absolute Gasteiger partial charge is 0.305 e. The highest BCUT2D eigenvalue weighted by Gasteiger charge is 2.24. The molecular formula is C11H22N4O3. The normalized spacial score (nSPS) is 23.6. The molecule has 2 atom stereocenters. The van der Waals surface area contributed by atoms with Crippen molar-refractivity contribution < 1.29 is 14.7 Å². The van der Waals surface area contributed by atoms with Gasteiger partial charge in [0, 0.05) is 32.2 Å². The van der Waals surface area contributed by atoms with Crippen LogP contribution in [-0.2, 0) is 9.59 Å². The van der Waals surface area contributed by atoms with E-state index in [1.165, 1.54) is 0 Å². The Bertz CT molecular complexity index is 311. The van der Waals surface area contributed by atoms with Crippen LogP contribution in [0.4, 0.5) is 0 Å². The molecule has 0 spiro atoms. The van der Waals surface area contributed by atoms with Gasteiger partial charge >= 0.3 is 5.97 Å². The van der Waals surface area contributed by atoms with Crippen molar-refractivity contribution in [1.29, 1.82) is 0 Å². The summed E-state index contributed by atoms with van der Waals surface area (Å²) in [6.07, 6.45) is -0.341. The van der Waals surface area contributed by atoms with E-state index in [0.29, 0.717) is 6.54 Å². The molecule has 0 saturated carbocycles. The minimum Gasteiger partial charge on any atom is -0.481 e. The molecule has 1 amide bonds.